The van der Waals surface area contributed by atoms with E-state index in [1.54, 1.807) is 6.08 Å². The lowest BCUT2D eigenvalue weighted by atomic mass is 9.87. The maximum Gasteiger partial charge on any atom is 0.319 e. The molecule has 0 N–H and O–H groups in total. The number of fused-ring (bicyclic) bond motifs is 2. The number of esters is 1. The summed E-state index contributed by atoms with van der Waals surface area (Å²) in [4.78, 5) is 13.3. The number of carbonyl (C=O) groups is 1. The molecule has 3 nitrogen and oxygen atoms in total. The highest BCUT2D eigenvalue weighted by atomic mass is 16.6. The fourth-order valence-electron chi connectivity index (χ4n) is 3.29. The highest BCUT2D eigenvalue weighted by Crippen LogP contribution is 2.45. The maximum absolute atomic E-state index is 13.3. The molecule has 1 heterocycles. The van der Waals surface area contributed by atoms with Crippen LogP contribution in [0.2, 0.25) is 0 Å². The molecule has 1 aliphatic heterocycles. The zero-order valence-corrected chi connectivity index (χ0v) is 16.2. The van der Waals surface area contributed by atoms with Gasteiger partial charge in [0.05, 0.1) is 0 Å². The van der Waals surface area contributed by atoms with Crippen molar-refractivity contribution in [1.29, 1.82) is 0 Å². The molecule has 0 amide bonds. The minimum atomic E-state index is -0.717. The largest absolute Gasteiger partial charge is 0.457 e. The van der Waals surface area contributed by atoms with E-state index < -0.39 is 11.5 Å². The number of para-hydroxylation sites is 2. The molecule has 3 rings (SSSR count). The summed E-state index contributed by atoms with van der Waals surface area (Å²) in [6, 6.07) is 15.2. The molecule has 2 aromatic carbocycles. The molecule has 0 aromatic heterocycles. The van der Waals surface area contributed by atoms with E-state index >= 15 is 0 Å². The van der Waals surface area contributed by atoms with E-state index in [9.17, 15) is 4.79 Å². The lowest BCUT2D eigenvalue weighted by molar-refractivity contribution is -0.155. The molecule has 2 aromatic rings. The Bertz CT molecular complexity index is 831. The van der Waals surface area contributed by atoms with Gasteiger partial charge in [-0.3, -0.25) is 4.79 Å². The Morgan fingerprint density at radius 1 is 1.11 bits per heavy atom. The van der Waals surface area contributed by atoms with E-state index in [1.807, 2.05) is 55.5 Å². The molecule has 0 saturated heterocycles. The Hall–Kier alpha value is -2.81. The highest BCUT2D eigenvalue weighted by molar-refractivity contribution is 5.85. The van der Waals surface area contributed by atoms with Gasteiger partial charge in [-0.2, -0.15) is 0 Å². The van der Waals surface area contributed by atoms with Crippen molar-refractivity contribution >= 4 is 5.97 Å². The Balaban J connectivity index is 1.90. The second-order valence-electron chi connectivity index (χ2n) is 7.37. The van der Waals surface area contributed by atoms with Gasteiger partial charge < -0.3 is 9.47 Å². The summed E-state index contributed by atoms with van der Waals surface area (Å²) in [6.45, 7) is 9.93. The van der Waals surface area contributed by atoms with E-state index in [0.717, 1.165) is 17.5 Å². The van der Waals surface area contributed by atoms with Gasteiger partial charge in [-0.25, -0.2) is 0 Å². The van der Waals surface area contributed by atoms with Gasteiger partial charge in [-0.05, 0) is 51.8 Å². The number of benzene rings is 2. The fraction of sp³-hybridized carbons (Fsp3) is 0.292. The van der Waals surface area contributed by atoms with Crippen molar-refractivity contribution in [3.05, 3.63) is 84.0 Å². The SMILES string of the molecule is C=CC(C)(CCC=C(C)C)OC(=O)C1c2ccccc2Oc2ccccc21. The van der Waals surface area contributed by atoms with Crippen molar-refractivity contribution in [3.63, 3.8) is 0 Å². The van der Waals surface area contributed by atoms with E-state index in [-0.39, 0.29) is 5.97 Å². The van der Waals surface area contributed by atoms with Crippen LogP contribution < -0.4 is 4.74 Å². The van der Waals surface area contributed by atoms with Crippen molar-refractivity contribution in [1.82, 2.24) is 0 Å². The summed E-state index contributed by atoms with van der Waals surface area (Å²) in [5.74, 6) is 0.609. The van der Waals surface area contributed by atoms with Gasteiger partial charge in [0.1, 0.15) is 23.0 Å². The second-order valence-corrected chi connectivity index (χ2v) is 7.37. The lowest BCUT2D eigenvalue weighted by Crippen LogP contribution is -2.33. The van der Waals surface area contributed by atoms with Crippen LogP contribution >= 0.6 is 0 Å². The van der Waals surface area contributed by atoms with Gasteiger partial charge >= 0.3 is 5.97 Å². The van der Waals surface area contributed by atoms with Gasteiger partial charge in [0, 0.05) is 11.1 Å². The number of rotatable bonds is 6. The average Bonchev–Trinajstić information content (AvgIpc) is 2.65. The second kappa shape index (κ2) is 7.83. The molecule has 1 aliphatic rings. The average molecular weight is 362 g/mol. The first-order valence-corrected chi connectivity index (χ1v) is 9.29. The van der Waals surface area contributed by atoms with Gasteiger partial charge in [0.2, 0.25) is 0 Å². The summed E-state index contributed by atoms with van der Waals surface area (Å²) in [5.41, 5.74) is 2.19. The Labute approximate surface area is 161 Å². The number of hydrogen-bond donors (Lipinski definition) is 0. The van der Waals surface area contributed by atoms with Crippen molar-refractivity contribution in [3.8, 4) is 11.5 Å². The molecule has 0 spiro atoms. The van der Waals surface area contributed by atoms with Crippen molar-refractivity contribution < 1.29 is 14.3 Å². The minimum absolute atomic E-state index is 0.280. The van der Waals surface area contributed by atoms with Crippen LogP contribution in [0.5, 0.6) is 11.5 Å². The van der Waals surface area contributed by atoms with Crippen LogP contribution in [0.15, 0.2) is 72.8 Å². The third kappa shape index (κ3) is 4.13. The normalized spacial score (nSPS) is 14.8. The number of hydrogen-bond acceptors (Lipinski definition) is 3. The molecule has 1 atom stereocenters. The van der Waals surface area contributed by atoms with Gasteiger partial charge in [0.25, 0.3) is 0 Å². The first kappa shape index (κ1) is 19.0. The summed E-state index contributed by atoms with van der Waals surface area (Å²) >= 11 is 0. The van der Waals surface area contributed by atoms with E-state index in [2.05, 4.69) is 26.5 Å². The summed E-state index contributed by atoms with van der Waals surface area (Å²) in [6.07, 6.45) is 5.40. The summed E-state index contributed by atoms with van der Waals surface area (Å²) in [7, 11) is 0. The van der Waals surface area contributed by atoms with Crippen LogP contribution in [0.4, 0.5) is 0 Å². The zero-order valence-electron chi connectivity index (χ0n) is 16.2. The van der Waals surface area contributed by atoms with E-state index in [0.29, 0.717) is 17.9 Å². The Morgan fingerprint density at radius 2 is 1.67 bits per heavy atom. The van der Waals surface area contributed by atoms with Crippen LogP contribution in [0.25, 0.3) is 0 Å². The van der Waals surface area contributed by atoms with E-state index in [4.69, 9.17) is 9.47 Å². The molecule has 3 heteroatoms. The quantitative estimate of drug-likeness (QED) is 0.456. The van der Waals surface area contributed by atoms with Crippen molar-refractivity contribution in [2.75, 3.05) is 0 Å². The molecule has 0 radical (unpaired) electrons. The zero-order chi connectivity index (χ0) is 19.4. The third-order valence-corrected chi connectivity index (χ3v) is 4.87. The van der Waals surface area contributed by atoms with Gasteiger partial charge in [-0.15, -0.1) is 0 Å². The molecule has 0 bridgehead atoms. The molecule has 27 heavy (non-hydrogen) atoms. The molecule has 0 aliphatic carbocycles. The Morgan fingerprint density at radius 3 is 2.19 bits per heavy atom. The highest BCUT2D eigenvalue weighted by Gasteiger charge is 2.36. The van der Waals surface area contributed by atoms with Gasteiger partial charge in [0.15, 0.2) is 0 Å². The first-order valence-electron chi connectivity index (χ1n) is 9.29. The monoisotopic (exact) mass is 362 g/mol. The molecule has 1 unspecified atom stereocenters. The Kier molecular flexibility index (Phi) is 5.50. The lowest BCUT2D eigenvalue weighted by Gasteiger charge is -2.31. The number of carbonyl (C=O) groups excluding carboxylic acids is 1. The number of ether oxygens (including phenoxy) is 2. The van der Waals surface area contributed by atoms with E-state index in [1.165, 1.54) is 5.57 Å². The van der Waals surface area contributed by atoms with Crippen LogP contribution in [0, 0.1) is 0 Å². The maximum atomic E-state index is 13.3. The summed E-state index contributed by atoms with van der Waals surface area (Å²) in [5, 5.41) is 0. The van der Waals surface area contributed by atoms with Crippen LogP contribution in [0.3, 0.4) is 0 Å². The van der Waals surface area contributed by atoms with Crippen LogP contribution in [0.1, 0.15) is 50.7 Å². The van der Waals surface area contributed by atoms with Crippen LogP contribution in [-0.4, -0.2) is 11.6 Å². The molecular formula is C24H26O3. The van der Waals surface area contributed by atoms with Crippen molar-refractivity contribution in [2.45, 2.75) is 45.1 Å². The first-order chi connectivity index (χ1) is 12.9. The molecular weight excluding hydrogens is 336 g/mol. The standard InChI is InChI=1S/C24H26O3/c1-5-24(4,16-10-11-17(2)3)27-23(25)22-18-12-6-8-14-20(18)26-21-15-9-7-13-19(21)22/h5-9,11-15,22H,1,10,16H2,2-4H3. The summed E-state index contributed by atoms with van der Waals surface area (Å²) < 4.78 is 12.0. The van der Waals surface area contributed by atoms with Crippen molar-refractivity contribution in [2.24, 2.45) is 0 Å². The smallest absolute Gasteiger partial charge is 0.319 e. The fourth-order valence-corrected chi connectivity index (χ4v) is 3.29. The molecule has 0 fully saturated rings. The predicted molar refractivity (Wildman–Crippen MR) is 108 cm³/mol. The van der Waals surface area contributed by atoms with Crippen LogP contribution in [-0.2, 0) is 9.53 Å². The molecule has 0 saturated carbocycles. The molecule has 140 valence electrons. The minimum Gasteiger partial charge on any atom is -0.457 e. The number of allylic oxidation sites excluding steroid dienone is 2. The van der Waals surface area contributed by atoms with Gasteiger partial charge in [-0.1, -0.05) is 54.6 Å². The topological polar surface area (TPSA) is 35.5 Å². The predicted octanol–water partition coefficient (Wildman–Crippen LogP) is 6.16. The third-order valence-electron chi connectivity index (χ3n) is 4.87.